The Labute approximate surface area is 64.5 Å². The first-order valence-electron chi connectivity index (χ1n) is 3.41. The largest absolute Gasteiger partial charge is 0.367 e. The molecule has 0 saturated heterocycles. The van der Waals surface area contributed by atoms with E-state index in [1.165, 1.54) is 24.4 Å². The zero-order valence-corrected chi connectivity index (χ0v) is 6.82. The highest BCUT2D eigenvalue weighted by Crippen LogP contribution is 2.08. The molecule has 1 aromatic rings. The highest BCUT2D eigenvalue weighted by atomic mass is 32.1. The van der Waals surface area contributed by atoms with E-state index in [1.807, 2.05) is 0 Å². The molecule has 2 N–H and O–H groups in total. The van der Waals surface area contributed by atoms with Crippen LogP contribution in [0.4, 0.5) is 5.95 Å². The Balaban J connectivity index is 2.42. The summed E-state index contributed by atoms with van der Waals surface area (Å²) in [7, 11) is 0. The Morgan fingerprint density at radius 2 is 2.40 bits per heavy atom. The topological polar surface area (TPSA) is 51.8 Å². The van der Waals surface area contributed by atoms with E-state index in [2.05, 4.69) is 16.3 Å². The maximum Gasteiger partial charge on any atom is 0.232 e. The number of hydrogen-bond donors (Lipinski definition) is 1. The summed E-state index contributed by atoms with van der Waals surface area (Å²) in [6.07, 6.45) is 3.39. The van der Waals surface area contributed by atoms with E-state index in [9.17, 15) is 0 Å². The van der Waals surface area contributed by atoms with Gasteiger partial charge in [-0.15, -0.1) is 0 Å². The maximum atomic E-state index is 5.34. The summed E-state index contributed by atoms with van der Waals surface area (Å²) in [5.41, 5.74) is 5.34. The quantitative estimate of drug-likeness (QED) is 0.722. The fraction of sp³-hybridized carbons (Fsp3) is 0.667. The molecule has 0 aliphatic carbocycles. The maximum absolute atomic E-state index is 5.34. The Hall–Kier alpha value is -0.640. The van der Waals surface area contributed by atoms with Gasteiger partial charge in [0, 0.05) is 6.42 Å². The van der Waals surface area contributed by atoms with Crippen molar-refractivity contribution in [2.75, 3.05) is 5.73 Å². The molecule has 10 heavy (non-hydrogen) atoms. The minimum absolute atomic E-state index is 0.413. The lowest BCUT2D eigenvalue weighted by molar-refractivity contribution is 0.790. The first-order chi connectivity index (χ1) is 4.83. The zero-order chi connectivity index (χ0) is 7.40. The molecular weight excluding hydrogens is 146 g/mol. The van der Waals surface area contributed by atoms with Crippen LogP contribution in [0.2, 0.25) is 0 Å². The zero-order valence-electron chi connectivity index (χ0n) is 6.00. The first-order valence-corrected chi connectivity index (χ1v) is 4.18. The molecule has 0 amide bonds. The van der Waals surface area contributed by atoms with Gasteiger partial charge in [0.25, 0.3) is 0 Å². The Morgan fingerprint density at radius 3 is 2.90 bits per heavy atom. The molecular formula is C6H11N3S. The van der Waals surface area contributed by atoms with E-state index in [0.717, 1.165) is 11.4 Å². The minimum atomic E-state index is 0.413. The number of anilines is 1. The van der Waals surface area contributed by atoms with Crippen molar-refractivity contribution in [2.24, 2.45) is 0 Å². The van der Waals surface area contributed by atoms with E-state index in [0.29, 0.717) is 5.95 Å². The number of aromatic nitrogens is 2. The second-order valence-electron chi connectivity index (χ2n) is 2.15. The van der Waals surface area contributed by atoms with Gasteiger partial charge in [-0.25, -0.2) is 4.98 Å². The van der Waals surface area contributed by atoms with Crippen molar-refractivity contribution in [2.45, 2.75) is 26.2 Å². The molecule has 4 heteroatoms. The summed E-state index contributed by atoms with van der Waals surface area (Å²) >= 11 is 1.40. The van der Waals surface area contributed by atoms with Crippen LogP contribution in [-0.4, -0.2) is 9.36 Å². The number of nitrogen functional groups attached to an aromatic ring is 1. The summed E-state index contributed by atoms with van der Waals surface area (Å²) in [6.45, 7) is 2.16. The summed E-state index contributed by atoms with van der Waals surface area (Å²) in [4.78, 5) is 4.03. The van der Waals surface area contributed by atoms with Gasteiger partial charge in [0.05, 0.1) is 0 Å². The van der Waals surface area contributed by atoms with Crippen molar-refractivity contribution in [1.82, 2.24) is 9.36 Å². The molecule has 0 aliphatic heterocycles. The molecule has 0 aliphatic rings. The molecule has 1 heterocycles. The Kier molecular flexibility index (Phi) is 2.62. The number of aryl methyl sites for hydroxylation is 1. The van der Waals surface area contributed by atoms with Gasteiger partial charge in [-0.05, 0) is 18.0 Å². The van der Waals surface area contributed by atoms with Crippen LogP contribution in [0.5, 0.6) is 0 Å². The smallest absolute Gasteiger partial charge is 0.232 e. The van der Waals surface area contributed by atoms with E-state index in [-0.39, 0.29) is 0 Å². The fourth-order valence-corrected chi connectivity index (χ4v) is 1.31. The van der Waals surface area contributed by atoms with Crippen LogP contribution >= 0.6 is 11.5 Å². The SMILES string of the molecule is CCCCc1nc(N)ns1. The average Bonchev–Trinajstić information content (AvgIpc) is 2.31. The lowest BCUT2D eigenvalue weighted by Gasteiger charge is -1.88. The van der Waals surface area contributed by atoms with Crippen molar-refractivity contribution in [3.8, 4) is 0 Å². The van der Waals surface area contributed by atoms with Crippen LogP contribution in [0, 0.1) is 0 Å². The van der Waals surface area contributed by atoms with Crippen molar-refractivity contribution in [3.63, 3.8) is 0 Å². The normalized spacial score (nSPS) is 10.1. The second kappa shape index (κ2) is 3.51. The van der Waals surface area contributed by atoms with Gasteiger partial charge < -0.3 is 5.73 Å². The molecule has 0 saturated carbocycles. The van der Waals surface area contributed by atoms with E-state index in [4.69, 9.17) is 5.73 Å². The highest BCUT2D eigenvalue weighted by molar-refractivity contribution is 7.05. The third kappa shape index (κ3) is 1.95. The van der Waals surface area contributed by atoms with Crippen molar-refractivity contribution in [3.05, 3.63) is 5.01 Å². The molecule has 0 atom stereocenters. The van der Waals surface area contributed by atoms with Crippen molar-refractivity contribution >= 4 is 17.5 Å². The van der Waals surface area contributed by atoms with Gasteiger partial charge in [-0.1, -0.05) is 13.3 Å². The molecule has 56 valence electrons. The molecule has 0 unspecified atom stereocenters. The molecule has 0 spiro atoms. The standard InChI is InChI=1S/C6H11N3S/c1-2-3-4-5-8-6(7)9-10-5/h2-4H2,1H3,(H2,7,9). The van der Waals surface area contributed by atoms with Crippen LogP contribution in [0.15, 0.2) is 0 Å². The summed E-state index contributed by atoms with van der Waals surface area (Å²) < 4.78 is 3.88. The predicted octanol–water partition coefficient (Wildman–Crippen LogP) is 1.46. The van der Waals surface area contributed by atoms with Gasteiger partial charge in [-0.2, -0.15) is 4.37 Å². The van der Waals surface area contributed by atoms with Crippen molar-refractivity contribution < 1.29 is 0 Å². The minimum Gasteiger partial charge on any atom is -0.367 e. The van der Waals surface area contributed by atoms with Crippen LogP contribution in [0.1, 0.15) is 24.8 Å². The van der Waals surface area contributed by atoms with Crippen LogP contribution in [0.3, 0.4) is 0 Å². The molecule has 0 fully saturated rings. The average molecular weight is 157 g/mol. The molecule has 0 aromatic carbocycles. The monoisotopic (exact) mass is 157 g/mol. The van der Waals surface area contributed by atoms with Crippen molar-refractivity contribution in [1.29, 1.82) is 0 Å². The number of unbranched alkanes of at least 4 members (excludes halogenated alkanes) is 1. The molecule has 0 radical (unpaired) electrons. The molecule has 1 rings (SSSR count). The summed E-state index contributed by atoms with van der Waals surface area (Å²) in [5, 5.41) is 1.05. The lowest BCUT2D eigenvalue weighted by atomic mass is 10.3. The van der Waals surface area contributed by atoms with Crippen LogP contribution < -0.4 is 5.73 Å². The van der Waals surface area contributed by atoms with Gasteiger partial charge in [0.15, 0.2) is 0 Å². The Bertz CT molecular complexity index is 197. The van der Waals surface area contributed by atoms with Crippen LogP contribution in [-0.2, 0) is 6.42 Å². The van der Waals surface area contributed by atoms with E-state index >= 15 is 0 Å². The van der Waals surface area contributed by atoms with Gasteiger partial charge >= 0.3 is 0 Å². The first kappa shape index (κ1) is 7.47. The number of rotatable bonds is 3. The summed E-state index contributed by atoms with van der Waals surface area (Å²) in [6, 6.07) is 0. The van der Waals surface area contributed by atoms with E-state index < -0.39 is 0 Å². The summed E-state index contributed by atoms with van der Waals surface area (Å²) in [5.74, 6) is 0.413. The van der Waals surface area contributed by atoms with Gasteiger partial charge in [-0.3, -0.25) is 0 Å². The van der Waals surface area contributed by atoms with Gasteiger partial charge in [0.2, 0.25) is 5.95 Å². The number of nitrogens with two attached hydrogens (primary N) is 1. The lowest BCUT2D eigenvalue weighted by Crippen LogP contribution is -1.87. The third-order valence-corrected chi connectivity index (χ3v) is 2.01. The highest BCUT2D eigenvalue weighted by Gasteiger charge is 1.97. The van der Waals surface area contributed by atoms with E-state index in [1.54, 1.807) is 0 Å². The Morgan fingerprint density at radius 1 is 1.60 bits per heavy atom. The number of nitrogens with zero attached hydrogens (tertiary/aromatic N) is 2. The fourth-order valence-electron chi connectivity index (χ4n) is 0.698. The van der Waals surface area contributed by atoms with Crippen LogP contribution in [0.25, 0.3) is 0 Å². The van der Waals surface area contributed by atoms with Gasteiger partial charge in [0.1, 0.15) is 5.01 Å². The molecule has 1 aromatic heterocycles. The molecule has 3 nitrogen and oxygen atoms in total. The molecule has 0 bridgehead atoms. The third-order valence-electron chi connectivity index (χ3n) is 1.23. The number of hydrogen-bond acceptors (Lipinski definition) is 4. The second-order valence-corrected chi connectivity index (χ2v) is 2.99. The predicted molar refractivity (Wildman–Crippen MR) is 42.9 cm³/mol.